The van der Waals surface area contributed by atoms with Crippen LogP contribution < -0.4 is 19.7 Å². The topological polar surface area (TPSA) is 91.4 Å². The van der Waals surface area contributed by atoms with Crippen molar-refractivity contribution in [2.24, 2.45) is 0 Å². The number of carbonyl (C=O) groups is 3. The van der Waals surface area contributed by atoms with Crippen molar-refractivity contribution in [3.8, 4) is 11.5 Å². The van der Waals surface area contributed by atoms with Crippen LogP contribution >= 0.6 is 15.9 Å². The van der Waals surface area contributed by atoms with E-state index in [1.807, 2.05) is 71.6 Å². The Morgan fingerprint density at radius 2 is 1.67 bits per heavy atom. The van der Waals surface area contributed by atoms with Gasteiger partial charge >= 0.3 is 0 Å². The highest BCUT2D eigenvalue weighted by Crippen LogP contribution is 2.39. The molecule has 1 spiro atoms. The summed E-state index contributed by atoms with van der Waals surface area (Å²) in [6.07, 6.45) is 1.58. The van der Waals surface area contributed by atoms with Gasteiger partial charge in [-0.25, -0.2) is 0 Å². The molecule has 0 aromatic heterocycles. The van der Waals surface area contributed by atoms with Crippen LogP contribution in [0.5, 0.6) is 11.5 Å². The summed E-state index contributed by atoms with van der Waals surface area (Å²) >= 11 is 3.44. The van der Waals surface area contributed by atoms with Crippen LogP contribution in [0.2, 0.25) is 0 Å². The van der Waals surface area contributed by atoms with Crippen LogP contribution in [0.3, 0.4) is 0 Å². The van der Waals surface area contributed by atoms with Gasteiger partial charge in [0.25, 0.3) is 11.8 Å². The number of carbonyl (C=O) groups excluding carboxylic acids is 3. The Morgan fingerprint density at radius 3 is 2.36 bits per heavy atom. The van der Waals surface area contributed by atoms with Crippen molar-refractivity contribution >= 4 is 39.3 Å². The summed E-state index contributed by atoms with van der Waals surface area (Å²) in [4.78, 5) is 45.7. The van der Waals surface area contributed by atoms with Gasteiger partial charge in [0, 0.05) is 35.4 Å². The molecular weight excluding hydrogens is 600 g/mol. The number of halogens is 1. The van der Waals surface area contributed by atoms with Crippen molar-refractivity contribution < 1.29 is 23.9 Å². The number of nitrogens with one attached hydrogen (secondary N) is 1. The lowest BCUT2D eigenvalue weighted by Gasteiger charge is -2.43. The smallest absolute Gasteiger partial charge is 0.253 e. The van der Waals surface area contributed by atoms with Gasteiger partial charge in [0.15, 0.2) is 11.5 Å². The van der Waals surface area contributed by atoms with Crippen molar-refractivity contribution in [2.45, 2.75) is 24.8 Å². The van der Waals surface area contributed by atoms with E-state index in [4.69, 9.17) is 9.47 Å². The third-order valence-corrected chi connectivity index (χ3v) is 8.54. The predicted octanol–water partition coefficient (Wildman–Crippen LogP) is 4.11. The van der Waals surface area contributed by atoms with Crippen molar-refractivity contribution in [2.75, 3.05) is 52.0 Å². The first-order valence-corrected chi connectivity index (χ1v) is 14.8. The first-order chi connectivity index (χ1) is 20.3. The number of hydrogen-bond acceptors (Lipinski definition) is 6. The third kappa shape index (κ3) is 6.09. The summed E-state index contributed by atoms with van der Waals surface area (Å²) in [6.45, 7) is 1.61. The zero-order valence-electron chi connectivity index (χ0n) is 23.8. The Kier molecular flexibility index (Phi) is 9.01. The molecule has 0 saturated carbocycles. The largest absolute Gasteiger partial charge is 0.493 e. The van der Waals surface area contributed by atoms with Crippen LogP contribution in [0.15, 0.2) is 77.3 Å². The first kappa shape index (κ1) is 29.4. The monoisotopic (exact) mass is 634 g/mol. The van der Waals surface area contributed by atoms with Gasteiger partial charge in [-0.2, -0.15) is 0 Å². The number of nitrogens with zero attached hydrogens (tertiary/aromatic N) is 3. The molecule has 3 amide bonds. The summed E-state index contributed by atoms with van der Waals surface area (Å²) < 4.78 is 11.5. The lowest BCUT2D eigenvalue weighted by Crippen LogP contribution is -2.57. The van der Waals surface area contributed by atoms with Gasteiger partial charge in [-0.05, 0) is 67.3 Å². The number of likely N-dealkylation sites (tertiary alicyclic amines) is 1. The van der Waals surface area contributed by atoms with E-state index in [1.165, 1.54) is 0 Å². The minimum absolute atomic E-state index is 0.0312. The molecule has 2 heterocycles. The highest BCUT2D eigenvalue weighted by atomic mass is 79.9. The lowest BCUT2D eigenvalue weighted by atomic mass is 9.85. The molecule has 3 aromatic carbocycles. The van der Waals surface area contributed by atoms with Crippen LogP contribution in [0.1, 0.15) is 28.8 Å². The minimum atomic E-state index is -0.810. The number of benzene rings is 3. The van der Waals surface area contributed by atoms with Gasteiger partial charge in [-0.15, -0.1) is 0 Å². The molecule has 0 radical (unpaired) electrons. The highest BCUT2D eigenvalue weighted by molar-refractivity contribution is 9.10. The van der Waals surface area contributed by atoms with Gasteiger partial charge < -0.3 is 29.5 Å². The zero-order valence-corrected chi connectivity index (χ0v) is 25.4. The maximum absolute atomic E-state index is 14.0. The second-order valence-electron chi connectivity index (χ2n) is 10.5. The van der Waals surface area contributed by atoms with E-state index in [0.29, 0.717) is 62.6 Å². The van der Waals surface area contributed by atoms with E-state index in [-0.39, 0.29) is 24.3 Å². The SMILES string of the molecule is COc1ccc(CCNC(=O)CN2CN(c3ccccc3)C3(CCN(C(=O)c4cccc(Br)c4)CC3)C2=O)cc1OC. The molecule has 2 aliphatic rings. The van der Waals surface area contributed by atoms with Gasteiger partial charge in [0.05, 0.1) is 20.9 Å². The van der Waals surface area contributed by atoms with E-state index in [9.17, 15) is 14.4 Å². The van der Waals surface area contributed by atoms with Gasteiger partial charge in [-0.3, -0.25) is 14.4 Å². The summed E-state index contributed by atoms with van der Waals surface area (Å²) in [6, 6.07) is 22.8. The van der Waals surface area contributed by atoms with Gasteiger partial charge in [0.2, 0.25) is 5.91 Å². The lowest BCUT2D eigenvalue weighted by molar-refractivity contribution is -0.137. The molecule has 2 aliphatic heterocycles. The van der Waals surface area contributed by atoms with E-state index in [2.05, 4.69) is 26.1 Å². The van der Waals surface area contributed by atoms with Crippen molar-refractivity contribution in [1.29, 1.82) is 0 Å². The van der Waals surface area contributed by atoms with E-state index < -0.39 is 5.54 Å². The Hall–Kier alpha value is -4.05. The maximum Gasteiger partial charge on any atom is 0.253 e. The zero-order chi connectivity index (χ0) is 29.7. The van der Waals surface area contributed by atoms with Gasteiger partial charge in [-0.1, -0.05) is 46.3 Å². The molecule has 10 heteroatoms. The fraction of sp³-hybridized carbons (Fsp3) is 0.344. The molecule has 3 aromatic rings. The number of para-hydroxylation sites is 1. The molecule has 1 N–H and O–H groups in total. The molecule has 2 saturated heterocycles. The van der Waals surface area contributed by atoms with E-state index in [0.717, 1.165) is 15.7 Å². The summed E-state index contributed by atoms with van der Waals surface area (Å²) in [5, 5.41) is 2.96. The summed E-state index contributed by atoms with van der Waals surface area (Å²) in [5.41, 5.74) is 1.73. The number of piperidine rings is 1. The highest BCUT2D eigenvalue weighted by Gasteiger charge is 2.54. The van der Waals surface area contributed by atoms with Crippen molar-refractivity contribution in [3.05, 3.63) is 88.4 Å². The average Bonchev–Trinajstić information content (AvgIpc) is 3.27. The molecule has 0 atom stereocenters. The number of amides is 3. The molecule has 2 fully saturated rings. The van der Waals surface area contributed by atoms with E-state index in [1.54, 1.807) is 25.2 Å². The van der Waals surface area contributed by atoms with Crippen LogP contribution in [-0.2, 0) is 16.0 Å². The minimum Gasteiger partial charge on any atom is -0.493 e. The van der Waals surface area contributed by atoms with E-state index >= 15 is 0 Å². The van der Waals surface area contributed by atoms with Crippen molar-refractivity contribution in [3.63, 3.8) is 0 Å². The molecule has 9 nitrogen and oxygen atoms in total. The normalized spacial score (nSPS) is 16.1. The molecule has 42 heavy (non-hydrogen) atoms. The number of ether oxygens (including phenoxy) is 2. The maximum atomic E-state index is 14.0. The predicted molar refractivity (Wildman–Crippen MR) is 164 cm³/mol. The molecule has 0 unspecified atom stereocenters. The Labute approximate surface area is 254 Å². The van der Waals surface area contributed by atoms with Gasteiger partial charge in [0.1, 0.15) is 12.1 Å². The molecule has 0 bridgehead atoms. The second-order valence-corrected chi connectivity index (χ2v) is 11.4. The Morgan fingerprint density at radius 1 is 0.929 bits per heavy atom. The third-order valence-electron chi connectivity index (χ3n) is 8.05. The average molecular weight is 636 g/mol. The number of rotatable bonds is 9. The van der Waals surface area contributed by atoms with Crippen LogP contribution in [-0.4, -0.2) is 80.1 Å². The second kappa shape index (κ2) is 12.9. The summed E-state index contributed by atoms with van der Waals surface area (Å²) in [7, 11) is 3.18. The quantitative estimate of drug-likeness (QED) is 0.381. The number of anilines is 1. The number of hydrogen-bond donors (Lipinski definition) is 1. The molecule has 0 aliphatic carbocycles. The fourth-order valence-corrected chi connectivity index (χ4v) is 6.22. The Bertz CT molecular complexity index is 1440. The molecular formula is C32H35BrN4O5. The standard InChI is InChI=1S/C32H35BrN4O5/c1-41-27-12-11-23(19-28(27)42-2)13-16-34-29(38)21-36-22-37(26-9-4-3-5-10-26)32(31(36)40)14-17-35(18-15-32)30(39)24-7-6-8-25(33)20-24/h3-12,19-20H,13-18,21-22H2,1-2H3,(H,34,38). The fourth-order valence-electron chi connectivity index (χ4n) is 5.82. The van der Waals surface area contributed by atoms with Crippen LogP contribution in [0.25, 0.3) is 0 Å². The van der Waals surface area contributed by atoms with Crippen LogP contribution in [0.4, 0.5) is 5.69 Å². The first-order valence-electron chi connectivity index (χ1n) is 14.0. The summed E-state index contributed by atoms with van der Waals surface area (Å²) in [5.74, 6) is 0.957. The molecule has 5 rings (SSSR count). The number of methoxy groups -OCH3 is 2. The Balaban J connectivity index is 1.24. The molecule has 220 valence electrons. The van der Waals surface area contributed by atoms with Crippen molar-refractivity contribution in [1.82, 2.24) is 15.1 Å². The van der Waals surface area contributed by atoms with Crippen LogP contribution in [0, 0.1) is 0 Å².